The number of para-hydroxylation sites is 1. The van der Waals surface area contributed by atoms with Crippen molar-refractivity contribution >= 4 is 16.9 Å². The van der Waals surface area contributed by atoms with E-state index in [1.165, 1.54) is 16.9 Å². The first kappa shape index (κ1) is 16.3. The van der Waals surface area contributed by atoms with Gasteiger partial charge in [-0.2, -0.15) is 5.10 Å². The summed E-state index contributed by atoms with van der Waals surface area (Å²) in [5.41, 5.74) is 0.274. The van der Waals surface area contributed by atoms with E-state index in [-0.39, 0.29) is 29.3 Å². The number of ether oxygens (including phenoxy) is 2. The van der Waals surface area contributed by atoms with Gasteiger partial charge >= 0.3 is 0 Å². The Kier molecular flexibility index (Phi) is 4.18. The van der Waals surface area contributed by atoms with Crippen LogP contribution in [0.25, 0.3) is 11.0 Å². The first-order valence-electron chi connectivity index (χ1n) is 8.16. The fourth-order valence-corrected chi connectivity index (χ4v) is 3.09. The number of carbonyl (C=O) groups excluding carboxylic acids is 1. The number of furan rings is 1. The zero-order valence-electron chi connectivity index (χ0n) is 14.0. The highest BCUT2D eigenvalue weighted by molar-refractivity contribution is 5.97. The van der Waals surface area contributed by atoms with Crippen LogP contribution in [0.4, 0.5) is 0 Å². The van der Waals surface area contributed by atoms with Crippen LogP contribution < -0.4 is 15.6 Å². The Bertz CT molecular complexity index is 1010. The molecule has 1 N–H and O–H groups in total. The van der Waals surface area contributed by atoms with Gasteiger partial charge in [0.05, 0.1) is 26.4 Å². The Balaban J connectivity index is 1.58. The van der Waals surface area contributed by atoms with Crippen molar-refractivity contribution in [1.82, 2.24) is 15.1 Å². The Morgan fingerprint density at radius 1 is 1.31 bits per heavy atom. The molecule has 1 aliphatic rings. The van der Waals surface area contributed by atoms with Gasteiger partial charge in [-0.3, -0.25) is 9.59 Å². The van der Waals surface area contributed by atoms with E-state index in [0.717, 1.165) is 5.39 Å². The van der Waals surface area contributed by atoms with E-state index in [9.17, 15) is 9.59 Å². The molecular weight excluding hydrogens is 338 g/mol. The van der Waals surface area contributed by atoms with E-state index < -0.39 is 0 Å². The molecule has 1 aromatic carbocycles. The molecule has 0 radical (unpaired) electrons. The summed E-state index contributed by atoms with van der Waals surface area (Å²) in [5, 5.41) is 7.72. The van der Waals surface area contributed by atoms with Gasteiger partial charge < -0.3 is 19.2 Å². The summed E-state index contributed by atoms with van der Waals surface area (Å²) in [4.78, 5) is 24.6. The summed E-state index contributed by atoms with van der Waals surface area (Å²) in [5.74, 6) is 0.347. The van der Waals surface area contributed by atoms with Crippen molar-refractivity contribution in [2.75, 3.05) is 20.3 Å². The number of fused-ring (bicyclic) bond motifs is 1. The highest BCUT2D eigenvalue weighted by Gasteiger charge is 2.33. The number of hydrogen-bond donors (Lipinski definition) is 1. The molecule has 1 fully saturated rings. The highest BCUT2D eigenvalue weighted by Crippen LogP contribution is 2.28. The number of rotatable bonds is 4. The Hall–Kier alpha value is -3.13. The topological polar surface area (TPSA) is 95.6 Å². The lowest BCUT2D eigenvalue weighted by Gasteiger charge is -2.19. The summed E-state index contributed by atoms with van der Waals surface area (Å²) in [6, 6.07) is 9.34. The number of carbonyl (C=O) groups is 1. The third-order valence-corrected chi connectivity index (χ3v) is 4.37. The normalized spacial score (nSPS) is 19.6. The van der Waals surface area contributed by atoms with E-state index in [1.807, 2.05) is 12.1 Å². The lowest BCUT2D eigenvalue weighted by Crippen LogP contribution is -2.43. The molecule has 0 aliphatic carbocycles. The monoisotopic (exact) mass is 355 g/mol. The van der Waals surface area contributed by atoms with E-state index in [2.05, 4.69) is 10.4 Å². The number of benzene rings is 1. The van der Waals surface area contributed by atoms with Crippen molar-refractivity contribution in [1.29, 1.82) is 0 Å². The van der Waals surface area contributed by atoms with Gasteiger partial charge in [-0.25, -0.2) is 4.68 Å². The minimum absolute atomic E-state index is 0.170. The molecule has 2 atom stereocenters. The molecule has 3 aromatic rings. The number of nitrogens with one attached hydrogen (secondary N) is 1. The van der Waals surface area contributed by atoms with Crippen molar-refractivity contribution in [2.24, 2.45) is 0 Å². The smallest absolute Gasteiger partial charge is 0.287 e. The second kappa shape index (κ2) is 6.64. The molecule has 0 bridgehead atoms. The summed E-state index contributed by atoms with van der Waals surface area (Å²) < 4.78 is 17.7. The number of nitrogens with zero attached hydrogens (tertiary/aromatic N) is 2. The van der Waals surface area contributed by atoms with E-state index in [1.54, 1.807) is 25.3 Å². The van der Waals surface area contributed by atoms with Crippen LogP contribution in [0.3, 0.4) is 0 Å². The standard InChI is InChI=1S/C18H17N3O5/c1-24-14-5-2-4-11-8-15(26-17(11)14)18(23)20-12-9-25-10-13(12)21-16(22)6-3-7-19-21/h2-8,12-13H,9-10H2,1H3,(H,20,23). The van der Waals surface area contributed by atoms with Crippen LogP contribution in [-0.2, 0) is 4.74 Å². The van der Waals surface area contributed by atoms with Crippen molar-refractivity contribution in [3.63, 3.8) is 0 Å². The first-order chi connectivity index (χ1) is 12.7. The number of aromatic nitrogens is 2. The molecule has 0 saturated carbocycles. The second-order valence-electron chi connectivity index (χ2n) is 5.98. The van der Waals surface area contributed by atoms with Crippen LogP contribution >= 0.6 is 0 Å². The third-order valence-electron chi connectivity index (χ3n) is 4.37. The lowest BCUT2D eigenvalue weighted by molar-refractivity contribution is 0.0898. The largest absolute Gasteiger partial charge is 0.493 e. The van der Waals surface area contributed by atoms with Crippen molar-refractivity contribution in [3.05, 3.63) is 58.7 Å². The average molecular weight is 355 g/mol. The van der Waals surface area contributed by atoms with Gasteiger partial charge in [-0.05, 0) is 18.2 Å². The van der Waals surface area contributed by atoms with Gasteiger partial charge in [0.15, 0.2) is 17.1 Å². The Labute approximate surface area is 148 Å². The van der Waals surface area contributed by atoms with Crippen molar-refractivity contribution in [3.8, 4) is 5.75 Å². The Morgan fingerprint density at radius 2 is 2.19 bits per heavy atom. The van der Waals surface area contributed by atoms with Crippen LogP contribution in [0.2, 0.25) is 0 Å². The van der Waals surface area contributed by atoms with E-state index in [0.29, 0.717) is 24.5 Å². The molecule has 8 heteroatoms. The van der Waals surface area contributed by atoms with Crippen molar-refractivity contribution < 1.29 is 18.7 Å². The van der Waals surface area contributed by atoms with Crippen LogP contribution in [-0.4, -0.2) is 42.1 Å². The van der Waals surface area contributed by atoms with Crippen LogP contribution in [0, 0.1) is 0 Å². The molecule has 26 heavy (non-hydrogen) atoms. The van der Waals surface area contributed by atoms with Gasteiger partial charge in [0.1, 0.15) is 6.04 Å². The van der Waals surface area contributed by atoms with Gasteiger partial charge in [-0.1, -0.05) is 12.1 Å². The molecule has 2 aromatic heterocycles. The summed E-state index contributed by atoms with van der Waals surface area (Å²) in [7, 11) is 1.54. The molecule has 1 amide bonds. The number of amides is 1. The highest BCUT2D eigenvalue weighted by atomic mass is 16.5. The summed E-state index contributed by atoms with van der Waals surface area (Å²) in [6.45, 7) is 0.596. The molecule has 0 spiro atoms. The molecule has 8 nitrogen and oxygen atoms in total. The minimum Gasteiger partial charge on any atom is -0.493 e. The average Bonchev–Trinajstić information content (AvgIpc) is 3.28. The molecule has 4 rings (SSSR count). The van der Waals surface area contributed by atoms with Gasteiger partial charge in [-0.15, -0.1) is 0 Å². The second-order valence-corrected chi connectivity index (χ2v) is 5.98. The minimum atomic E-state index is -0.384. The molecule has 1 aliphatic heterocycles. The maximum Gasteiger partial charge on any atom is 0.287 e. The predicted molar refractivity (Wildman–Crippen MR) is 92.4 cm³/mol. The third kappa shape index (κ3) is 2.84. The molecule has 1 saturated heterocycles. The van der Waals surface area contributed by atoms with Crippen LogP contribution in [0.1, 0.15) is 16.6 Å². The van der Waals surface area contributed by atoms with E-state index in [4.69, 9.17) is 13.9 Å². The van der Waals surface area contributed by atoms with Gasteiger partial charge in [0, 0.05) is 17.6 Å². The summed E-state index contributed by atoms with van der Waals surface area (Å²) >= 11 is 0. The zero-order chi connectivity index (χ0) is 18.1. The number of hydrogen-bond acceptors (Lipinski definition) is 6. The maximum absolute atomic E-state index is 12.6. The summed E-state index contributed by atoms with van der Waals surface area (Å²) in [6.07, 6.45) is 1.53. The van der Waals surface area contributed by atoms with Crippen LogP contribution in [0.15, 0.2) is 51.8 Å². The molecular formula is C18H17N3O5. The predicted octanol–water partition coefficient (Wildman–Crippen LogP) is 1.37. The van der Waals surface area contributed by atoms with Gasteiger partial charge in [0.2, 0.25) is 0 Å². The fraction of sp³-hybridized carbons (Fsp3) is 0.278. The fourth-order valence-electron chi connectivity index (χ4n) is 3.09. The molecule has 134 valence electrons. The Morgan fingerprint density at radius 3 is 3.00 bits per heavy atom. The van der Waals surface area contributed by atoms with Gasteiger partial charge in [0.25, 0.3) is 11.5 Å². The quantitative estimate of drug-likeness (QED) is 0.759. The van der Waals surface area contributed by atoms with E-state index >= 15 is 0 Å². The zero-order valence-corrected chi connectivity index (χ0v) is 14.0. The van der Waals surface area contributed by atoms with Crippen LogP contribution in [0.5, 0.6) is 5.75 Å². The SMILES string of the molecule is COc1cccc2cc(C(=O)NC3COCC3n3ncccc3=O)oc12. The van der Waals surface area contributed by atoms with Crippen molar-refractivity contribution in [2.45, 2.75) is 12.1 Å². The molecule has 2 unspecified atom stereocenters. The lowest BCUT2D eigenvalue weighted by atomic mass is 10.1. The molecule has 3 heterocycles. The maximum atomic E-state index is 12.6. The number of methoxy groups -OCH3 is 1. The first-order valence-corrected chi connectivity index (χ1v) is 8.16.